The van der Waals surface area contributed by atoms with Crippen LogP contribution < -0.4 is 0 Å². The minimum Gasteiger partial charge on any atom is -0.383 e. The number of methoxy groups -OCH3 is 1. The highest BCUT2D eigenvalue weighted by Gasteiger charge is 2.37. The lowest BCUT2D eigenvalue weighted by molar-refractivity contribution is -0.133. The molecule has 0 spiro atoms. The summed E-state index contributed by atoms with van der Waals surface area (Å²) < 4.78 is 5.06. The molecule has 0 bridgehead atoms. The summed E-state index contributed by atoms with van der Waals surface area (Å²) in [5.41, 5.74) is 0.653. The van der Waals surface area contributed by atoms with Crippen molar-refractivity contribution < 1.29 is 14.3 Å². The Labute approximate surface area is 153 Å². The first-order valence-corrected chi connectivity index (χ1v) is 9.04. The van der Waals surface area contributed by atoms with E-state index in [9.17, 15) is 9.59 Å². The van der Waals surface area contributed by atoms with Crippen LogP contribution >= 0.6 is 11.6 Å². The minimum absolute atomic E-state index is 0.0239. The molecule has 1 atom stereocenters. The van der Waals surface area contributed by atoms with E-state index in [1.54, 1.807) is 31.4 Å². The second-order valence-corrected chi connectivity index (χ2v) is 6.89. The zero-order valence-electron chi connectivity index (χ0n) is 14.5. The van der Waals surface area contributed by atoms with Gasteiger partial charge < -0.3 is 14.5 Å². The maximum atomic E-state index is 12.5. The van der Waals surface area contributed by atoms with Gasteiger partial charge in [0.1, 0.15) is 0 Å². The van der Waals surface area contributed by atoms with Gasteiger partial charge in [-0.15, -0.1) is 0 Å². The third-order valence-electron chi connectivity index (χ3n) is 4.97. The Hall–Kier alpha value is -1.63. The molecule has 2 fully saturated rings. The van der Waals surface area contributed by atoms with Crippen molar-refractivity contribution in [2.24, 2.45) is 0 Å². The van der Waals surface area contributed by atoms with Gasteiger partial charge in [-0.1, -0.05) is 11.6 Å². The highest BCUT2D eigenvalue weighted by molar-refractivity contribution is 6.30. The van der Waals surface area contributed by atoms with E-state index in [-0.39, 0.29) is 17.9 Å². The van der Waals surface area contributed by atoms with Gasteiger partial charge in [-0.25, -0.2) is 0 Å². The molecule has 136 valence electrons. The number of carbonyl (C=O) groups is 2. The van der Waals surface area contributed by atoms with Crippen LogP contribution in [0.15, 0.2) is 24.3 Å². The Balaban J connectivity index is 1.53. The second kappa shape index (κ2) is 8.17. The number of nitrogens with zero attached hydrogens (tertiary/aromatic N) is 3. The molecule has 3 rings (SSSR count). The normalized spacial score (nSPS) is 21.8. The number of amides is 2. The van der Waals surface area contributed by atoms with Crippen LogP contribution in [-0.4, -0.2) is 85.5 Å². The number of likely N-dealkylation sites (tertiary alicyclic amines) is 1. The molecule has 2 amide bonds. The number of hydrogen-bond acceptors (Lipinski definition) is 4. The molecule has 0 radical (unpaired) electrons. The molecule has 2 saturated heterocycles. The van der Waals surface area contributed by atoms with E-state index in [4.69, 9.17) is 16.3 Å². The van der Waals surface area contributed by atoms with Gasteiger partial charge in [0.2, 0.25) is 5.91 Å². The van der Waals surface area contributed by atoms with Gasteiger partial charge in [0, 0.05) is 57.0 Å². The SMILES string of the molecule is COCCN1CCC(N2CCN(C(=O)c3ccc(Cl)cc3)CC2)C1=O. The highest BCUT2D eigenvalue weighted by Crippen LogP contribution is 2.20. The Bertz CT molecular complexity index is 614. The highest BCUT2D eigenvalue weighted by atomic mass is 35.5. The van der Waals surface area contributed by atoms with E-state index in [0.717, 1.165) is 26.1 Å². The van der Waals surface area contributed by atoms with Crippen molar-refractivity contribution in [1.82, 2.24) is 14.7 Å². The van der Waals surface area contributed by atoms with E-state index in [2.05, 4.69) is 4.90 Å². The zero-order valence-corrected chi connectivity index (χ0v) is 15.2. The molecular formula is C18H24ClN3O3. The largest absolute Gasteiger partial charge is 0.383 e. The van der Waals surface area contributed by atoms with Crippen molar-refractivity contribution in [3.8, 4) is 0 Å². The third-order valence-corrected chi connectivity index (χ3v) is 5.22. The van der Waals surface area contributed by atoms with Crippen molar-refractivity contribution in [3.05, 3.63) is 34.9 Å². The summed E-state index contributed by atoms with van der Waals surface area (Å²) >= 11 is 5.88. The topological polar surface area (TPSA) is 53.1 Å². The summed E-state index contributed by atoms with van der Waals surface area (Å²) in [7, 11) is 1.65. The fourth-order valence-corrected chi connectivity index (χ4v) is 3.62. The van der Waals surface area contributed by atoms with E-state index >= 15 is 0 Å². The number of halogens is 1. The van der Waals surface area contributed by atoms with E-state index < -0.39 is 0 Å². The molecule has 2 heterocycles. The monoisotopic (exact) mass is 365 g/mol. The van der Waals surface area contributed by atoms with E-state index in [0.29, 0.717) is 36.8 Å². The molecule has 2 aliphatic heterocycles. The lowest BCUT2D eigenvalue weighted by Crippen LogP contribution is -2.53. The van der Waals surface area contributed by atoms with Crippen molar-refractivity contribution in [1.29, 1.82) is 0 Å². The van der Waals surface area contributed by atoms with Crippen LogP contribution in [0.25, 0.3) is 0 Å². The summed E-state index contributed by atoms with van der Waals surface area (Å²) in [5, 5.41) is 0.624. The van der Waals surface area contributed by atoms with Gasteiger partial charge in [0.05, 0.1) is 12.6 Å². The summed E-state index contributed by atoms with van der Waals surface area (Å²) in [4.78, 5) is 31.0. The summed E-state index contributed by atoms with van der Waals surface area (Å²) in [6, 6.07) is 6.93. The van der Waals surface area contributed by atoms with Crippen molar-refractivity contribution in [2.75, 3.05) is 53.0 Å². The van der Waals surface area contributed by atoms with Crippen LogP contribution in [-0.2, 0) is 9.53 Å². The number of carbonyl (C=O) groups excluding carboxylic acids is 2. The first-order chi connectivity index (χ1) is 12.1. The first kappa shape index (κ1) is 18.2. The Morgan fingerprint density at radius 3 is 2.48 bits per heavy atom. The summed E-state index contributed by atoms with van der Waals surface area (Å²) in [5.74, 6) is 0.213. The molecule has 1 aromatic rings. The summed E-state index contributed by atoms with van der Waals surface area (Å²) in [6.07, 6.45) is 0.855. The van der Waals surface area contributed by atoms with Crippen molar-refractivity contribution in [3.63, 3.8) is 0 Å². The van der Waals surface area contributed by atoms with Crippen LogP contribution in [0.1, 0.15) is 16.8 Å². The van der Waals surface area contributed by atoms with Gasteiger partial charge in [-0.2, -0.15) is 0 Å². The average molecular weight is 366 g/mol. The smallest absolute Gasteiger partial charge is 0.253 e. The first-order valence-electron chi connectivity index (χ1n) is 8.67. The Morgan fingerprint density at radius 1 is 1.16 bits per heavy atom. The predicted octanol–water partition coefficient (Wildman–Crippen LogP) is 1.35. The predicted molar refractivity (Wildman–Crippen MR) is 95.8 cm³/mol. The number of piperazine rings is 1. The maximum absolute atomic E-state index is 12.5. The zero-order chi connectivity index (χ0) is 17.8. The van der Waals surface area contributed by atoms with Gasteiger partial charge >= 0.3 is 0 Å². The Kier molecular flexibility index (Phi) is 5.93. The maximum Gasteiger partial charge on any atom is 0.253 e. The number of ether oxygens (including phenoxy) is 1. The van der Waals surface area contributed by atoms with Crippen LogP contribution in [0, 0.1) is 0 Å². The molecule has 0 N–H and O–H groups in total. The molecule has 1 aromatic carbocycles. The van der Waals surface area contributed by atoms with Crippen molar-refractivity contribution >= 4 is 23.4 Å². The number of rotatable bonds is 5. The molecule has 2 aliphatic rings. The molecule has 7 heteroatoms. The lowest BCUT2D eigenvalue weighted by Gasteiger charge is -2.37. The number of hydrogen-bond donors (Lipinski definition) is 0. The van der Waals surface area contributed by atoms with E-state index in [1.165, 1.54) is 0 Å². The van der Waals surface area contributed by atoms with Crippen LogP contribution in [0.3, 0.4) is 0 Å². The lowest BCUT2D eigenvalue weighted by atomic mass is 10.1. The molecule has 0 aromatic heterocycles. The molecule has 6 nitrogen and oxygen atoms in total. The van der Waals surface area contributed by atoms with Crippen LogP contribution in [0.5, 0.6) is 0 Å². The second-order valence-electron chi connectivity index (χ2n) is 6.46. The third kappa shape index (κ3) is 4.14. The molecule has 0 saturated carbocycles. The van der Waals surface area contributed by atoms with Crippen LogP contribution in [0.2, 0.25) is 5.02 Å². The van der Waals surface area contributed by atoms with E-state index in [1.807, 2.05) is 9.80 Å². The number of benzene rings is 1. The fourth-order valence-electron chi connectivity index (χ4n) is 3.50. The average Bonchev–Trinajstić information content (AvgIpc) is 3.01. The Morgan fingerprint density at radius 2 is 1.84 bits per heavy atom. The quantitative estimate of drug-likeness (QED) is 0.790. The minimum atomic E-state index is -0.0513. The van der Waals surface area contributed by atoms with Gasteiger partial charge in [0.15, 0.2) is 0 Å². The van der Waals surface area contributed by atoms with Gasteiger partial charge in [-0.3, -0.25) is 14.5 Å². The fraction of sp³-hybridized carbons (Fsp3) is 0.556. The van der Waals surface area contributed by atoms with Gasteiger partial charge in [-0.05, 0) is 30.7 Å². The van der Waals surface area contributed by atoms with Crippen LogP contribution in [0.4, 0.5) is 0 Å². The van der Waals surface area contributed by atoms with Crippen molar-refractivity contribution in [2.45, 2.75) is 12.5 Å². The standard InChI is InChI=1S/C18H24ClN3O3/c1-25-13-12-21-7-6-16(18(21)24)20-8-10-22(11-9-20)17(23)14-2-4-15(19)5-3-14/h2-5,16H,6-13H2,1H3. The molecular weight excluding hydrogens is 342 g/mol. The molecule has 1 unspecified atom stereocenters. The summed E-state index contributed by atoms with van der Waals surface area (Å²) in [6.45, 7) is 4.76. The molecule has 25 heavy (non-hydrogen) atoms. The molecule has 0 aliphatic carbocycles. The van der Waals surface area contributed by atoms with Gasteiger partial charge in [0.25, 0.3) is 5.91 Å².